The highest BCUT2D eigenvalue weighted by Crippen LogP contribution is 2.69. The highest BCUT2D eigenvalue weighted by molar-refractivity contribution is 5.97. The Bertz CT molecular complexity index is 3560. The first-order chi connectivity index (χ1) is 40.2. The van der Waals surface area contributed by atoms with Gasteiger partial charge in [0.05, 0.1) is 57.7 Å². The highest BCUT2D eigenvalue weighted by atomic mass is 19.3. The molecule has 0 amide bonds. The van der Waals surface area contributed by atoms with E-state index in [-0.39, 0.29) is 97.8 Å². The minimum absolute atomic E-state index is 0.00213. The van der Waals surface area contributed by atoms with Crippen molar-refractivity contribution in [1.82, 2.24) is 29.8 Å². The average molecular weight is 1130 g/mol. The predicted molar refractivity (Wildman–Crippen MR) is 308 cm³/mol. The number of alkyl halides is 2. The first kappa shape index (κ1) is 55.1. The summed E-state index contributed by atoms with van der Waals surface area (Å²) in [4.78, 5) is 32.9. The lowest BCUT2D eigenvalue weighted by molar-refractivity contribution is 0.0647. The van der Waals surface area contributed by atoms with Gasteiger partial charge < -0.3 is 43.1 Å². The average Bonchev–Trinajstić information content (AvgIpc) is 3.15. The summed E-state index contributed by atoms with van der Waals surface area (Å²) >= 11 is 0. The van der Waals surface area contributed by atoms with Crippen molar-refractivity contribution in [3.05, 3.63) is 167 Å². The molecule has 0 bridgehead atoms. The summed E-state index contributed by atoms with van der Waals surface area (Å²) in [6.07, 6.45) is 4.86. The molecule has 430 valence electrons. The smallest absolute Gasteiger partial charge is 0.319 e. The van der Waals surface area contributed by atoms with Crippen LogP contribution in [0.25, 0.3) is 22.2 Å². The van der Waals surface area contributed by atoms with Crippen molar-refractivity contribution in [2.75, 3.05) is 76.0 Å². The van der Waals surface area contributed by atoms with Gasteiger partial charge in [-0.25, -0.2) is 27.5 Å². The Kier molecular flexibility index (Phi) is 14.9. The summed E-state index contributed by atoms with van der Waals surface area (Å²) in [6, 6.07) is 33.3. The summed E-state index contributed by atoms with van der Waals surface area (Å²) in [7, 11) is 6.45. The number of nitrogens with zero attached hydrogens (tertiary/aromatic N) is 9. The molecule has 1 saturated carbocycles. The van der Waals surface area contributed by atoms with E-state index in [1.54, 1.807) is 53.0 Å². The van der Waals surface area contributed by atoms with Gasteiger partial charge in [-0.3, -0.25) is 9.88 Å². The third-order valence-electron chi connectivity index (χ3n) is 16.9. The molecule has 1 aliphatic carbocycles. The Morgan fingerprint density at radius 1 is 0.663 bits per heavy atom. The zero-order chi connectivity index (χ0) is 57.6. The molecule has 3 fully saturated rings. The largest absolute Gasteiger partial charge is 0.497 e. The fourth-order valence-electron chi connectivity index (χ4n) is 12.4. The van der Waals surface area contributed by atoms with Crippen molar-refractivity contribution < 1.29 is 46.0 Å². The van der Waals surface area contributed by atoms with E-state index in [0.29, 0.717) is 54.6 Å². The molecule has 12 rings (SSSR count). The maximum Gasteiger partial charge on any atom is 0.319 e. The second-order valence-corrected chi connectivity index (χ2v) is 22.2. The van der Waals surface area contributed by atoms with E-state index >= 15 is 17.6 Å². The first-order valence-corrected chi connectivity index (χ1v) is 27.9. The number of aryl methyl sites for hydroxylation is 1. The fraction of sp³-hybridized carbons (Fsp3) is 0.359. The van der Waals surface area contributed by atoms with E-state index in [4.69, 9.17) is 53.3 Å². The van der Waals surface area contributed by atoms with Crippen LogP contribution >= 0.6 is 0 Å². The Morgan fingerprint density at radius 2 is 1.20 bits per heavy atom. The Morgan fingerprint density at radius 3 is 1.75 bits per heavy atom. The van der Waals surface area contributed by atoms with Crippen LogP contribution < -0.4 is 43.1 Å². The summed E-state index contributed by atoms with van der Waals surface area (Å²) in [6.45, 7) is 6.46. The van der Waals surface area contributed by atoms with E-state index in [2.05, 4.69) is 9.80 Å². The molecule has 19 heteroatoms. The molecule has 4 aliphatic rings. The summed E-state index contributed by atoms with van der Waals surface area (Å²) in [5, 5.41) is 0.147. The molecule has 0 radical (unpaired) electrons. The van der Waals surface area contributed by atoms with E-state index in [1.165, 1.54) is 0 Å². The summed E-state index contributed by atoms with van der Waals surface area (Å²) in [5.74, 6) is -0.747. The SMILES string of the molecule is COc1ccc(CN(Cc2ccc(OC)cc2)c2cc(C)cc(-c3nc4c5c(nc(OC[C@@]67CCCN6C[C@]6(CC6(F)F)C7)nc5c3F)N([C@H](C)c3nccnc3N(Cc3ccc(OC)cc3)Cc3ccc(OC)cc3)CCO4)c2F)cc1. The van der Waals surface area contributed by atoms with E-state index in [0.717, 1.165) is 40.2 Å². The normalized spacial score (nSPS) is 19.0. The van der Waals surface area contributed by atoms with Crippen LogP contribution in [0.15, 0.2) is 122 Å². The third-order valence-corrected chi connectivity index (χ3v) is 16.9. The number of methoxy groups -OCH3 is 4. The Balaban J connectivity index is 0.969. The minimum Gasteiger partial charge on any atom is -0.497 e. The van der Waals surface area contributed by atoms with Crippen LogP contribution in [0.2, 0.25) is 0 Å². The molecule has 0 unspecified atom stereocenters. The number of rotatable bonds is 20. The molecule has 83 heavy (non-hydrogen) atoms. The van der Waals surface area contributed by atoms with Gasteiger partial charge in [-0.05, 0) is 128 Å². The lowest BCUT2D eigenvalue weighted by Crippen LogP contribution is -2.43. The van der Waals surface area contributed by atoms with Crippen LogP contribution in [0.4, 0.5) is 34.9 Å². The van der Waals surface area contributed by atoms with E-state index < -0.39 is 34.6 Å². The monoisotopic (exact) mass is 1130 g/mol. The van der Waals surface area contributed by atoms with Crippen LogP contribution in [-0.2, 0) is 26.2 Å². The highest BCUT2D eigenvalue weighted by Gasteiger charge is 2.77. The molecular formula is C64H65F4N9O6. The van der Waals surface area contributed by atoms with Gasteiger partial charge in [0.1, 0.15) is 64.3 Å². The molecule has 2 saturated heterocycles. The molecule has 3 aromatic heterocycles. The topological polar surface area (TPSA) is 133 Å². The second kappa shape index (κ2) is 22.4. The number of halogens is 4. The Hall–Kier alpha value is -8.45. The van der Waals surface area contributed by atoms with Crippen LogP contribution in [0.3, 0.4) is 0 Å². The van der Waals surface area contributed by atoms with Gasteiger partial charge in [0, 0.05) is 57.1 Å². The second-order valence-electron chi connectivity index (χ2n) is 22.2. The molecule has 8 aromatic rings. The number of aromatic nitrogens is 5. The third kappa shape index (κ3) is 10.7. The number of pyridine rings is 1. The summed E-state index contributed by atoms with van der Waals surface area (Å²) < 4.78 is 101. The molecule has 5 aromatic carbocycles. The van der Waals surface area contributed by atoms with Gasteiger partial charge in [0.15, 0.2) is 17.5 Å². The molecular weight excluding hydrogens is 1070 g/mol. The van der Waals surface area contributed by atoms with Crippen molar-refractivity contribution in [3.8, 4) is 46.1 Å². The number of benzene rings is 5. The molecule has 15 nitrogen and oxygen atoms in total. The van der Waals surface area contributed by atoms with Crippen molar-refractivity contribution in [1.29, 1.82) is 0 Å². The van der Waals surface area contributed by atoms with Crippen LogP contribution in [0.5, 0.6) is 34.9 Å². The number of ether oxygens (including phenoxy) is 6. The van der Waals surface area contributed by atoms with E-state index in [9.17, 15) is 0 Å². The number of hydrogen-bond donors (Lipinski definition) is 0. The maximum atomic E-state index is 18.3. The minimum atomic E-state index is -2.75. The van der Waals surface area contributed by atoms with Crippen LogP contribution in [-0.4, -0.2) is 103 Å². The van der Waals surface area contributed by atoms with E-state index in [1.807, 2.05) is 121 Å². The maximum absolute atomic E-state index is 18.3. The molecule has 3 atom stereocenters. The van der Waals surface area contributed by atoms with Gasteiger partial charge in [0.2, 0.25) is 5.88 Å². The molecule has 3 aliphatic heterocycles. The van der Waals surface area contributed by atoms with Crippen molar-refractivity contribution in [3.63, 3.8) is 0 Å². The van der Waals surface area contributed by atoms with Crippen LogP contribution in [0.1, 0.15) is 72.2 Å². The van der Waals surface area contributed by atoms with Gasteiger partial charge in [-0.2, -0.15) is 9.97 Å². The molecule has 0 N–H and O–H groups in total. The zero-order valence-electron chi connectivity index (χ0n) is 47.3. The fourth-order valence-corrected chi connectivity index (χ4v) is 12.4. The molecule has 6 heterocycles. The number of hydrogen-bond acceptors (Lipinski definition) is 15. The lowest BCUT2D eigenvalue weighted by atomic mass is 9.89. The van der Waals surface area contributed by atoms with Gasteiger partial charge in [-0.15, -0.1) is 0 Å². The van der Waals surface area contributed by atoms with Gasteiger partial charge >= 0.3 is 6.01 Å². The van der Waals surface area contributed by atoms with Crippen LogP contribution in [0, 0.1) is 24.0 Å². The Labute approximate surface area is 479 Å². The van der Waals surface area contributed by atoms with Gasteiger partial charge in [-0.1, -0.05) is 48.5 Å². The predicted octanol–water partition coefficient (Wildman–Crippen LogP) is 12.1. The lowest BCUT2D eigenvalue weighted by Gasteiger charge is -2.33. The van der Waals surface area contributed by atoms with Crippen molar-refractivity contribution >= 4 is 28.2 Å². The van der Waals surface area contributed by atoms with Gasteiger partial charge in [0.25, 0.3) is 5.92 Å². The number of fused-ring (bicyclic) bond motifs is 1. The quantitative estimate of drug-likeness (QED) is 0.0670. The number of anilines is 3. The van der Waals surface area contributed by atoms with Crippen molar-refractivity contribution in [2.24, 2.45) is 5.41 Å². The zero-order valence-corrected chi connectivity index (χ0v) is 47.3. The standard InChI is InChI=1S/C64H65F4N9O6/c1-40-30-50(53(65)51(31-40)74(32-42-8-16-46(78-3)17-9-42)33-43-10-18-47(79-4)19-11-43)56-54(66)57-52-58(73-61(72-57)83-39-63-24-7-27-76(63)38-62(36-63)37-64(62,67)68)77(28-29-82-60(52)71-56)41(2)55-59(70-26-25-69-55)75(34-44-12-20-48(80-5)21-13-44)35-45-14-22-49(81-6)23-15-45/h8-23,25-26,30-31,41H,7,24,27-29,32-39H2,1-6H3/t41-,62-,63+/m1/s1. The summed E-state index contributed by atoms with van der Waals surface area (Å²) in [5.41, 5.74) is 2.79. The first-order valence-electron chi connectivity index (χ1n) is 27.9. The molecule has 1 spiro atoms. The van der Waals surface area contributed by atoms with Crippen molar-refractivity contribution in [2.45, 2.75) is 83.2 Å².